The van der Waals surface area contributed by atoms with Crippen LogP contribution in [0.4, 0.5) is 4.39 Å². The van der Waals surface area contributed by atoms with Gasteiger partial charge in [0, 0.05) is 24.1 Å². The van der Waals surface area contributed by atoms with Crippen molar-refractivity contribution >= 4 is 28.8 Å². The lowest BCUT2D eigenvalue weighted by molar-refractivity contribution is 0.0837. The van der Waals surface area contributed by atoms with Gasteiger partial charge in [0.05, 0.1) is 4.34 Å². The Hall–Kier alpha value is -1.43. The number of hydrogen-bond donors (Lipinski definition) is 1. The minimum Gasteiger partial charge on any atom is -0.374 e. The summed E-state index contributed by atoms with van der Waals surface area (Å²) >= 11 is 7.28. The van der Waals surface area contributed by atoms with E-state index in [1.165, 1.54) is 35.6 Å². The highest BCUT2D eigenvalue weighted by Crippen LogP contribution is 2.28. The number of ether oxygens (including phenoxy) is 1. The molecule has 106 valence electrons. The summed E-state index contributed by atoms with van der Waals surface area (Å²) in [6.45, 7) is 0.323. The molecule has 0 radical (unpaired) electrons. The van der Waals surface area contributed by atoms with Crippen molar-refractivity contribution in [1.29, 1.82) is 0 Å². The van der Waals surface area contributed by atoms with E-state index in [0.717, 1.165) is 4.88 Å². The van der Waals surface area contributed by atoms with Gasteiger partial charge in [-0.15, -0.1) is 11.3 Å². The largest absolute Gasteiger partial charge is 0.374 e. The van der Waals surface area contributed by atoms with Gasteiger partial charge in [-0.25, -0.2) is 4.39 Å². The van der Waals surface area contributed by atoms with Crippen molar-refractivity contribution in [3.05, 3.63) is 57.0 Å². The molecular formula is C14H13ClFNO2S. The summed E-state index contributed by atoms with van der Waals surface area (Å²) in [6.07, 6.45) is -0.253. The Labute approximate surface area is 125 Å². The van der Waals surface area contributed by atoms with Crippen molar-refractivity contribution in [2.45, 2.75) is 6.10 Å². The fourth-order valence-corrected chi connectivity index (χ4v) is 2.83. The lowest BCUT2D eigenvalue weighted by Crippen LogP contribution is -2.28. The van der Waals surface area contributed by atoms with Gasteiger partial charge in [-0.05, 0) is 36.4 Å². The highest BCUT2D eigenvalue weighted by molar-refractivity contribution is 7.16. The molecule has 1 heterocycles. The van der Waals surface area contributed by atoms with E-state index in [-0.39, 0.29) is 17.8 Å². The summed E-state index contributed by atoms with van der Waals surface area (Å²) in [5.41, 5.74) is 0.408. The Bertz CT molecular complexity index is 585. The lowest BCUT2D eigenvalue weighted by atomic mass is 10.2. The third kappa shape index (κ3) is 3.79. The average molecular weight is 314 g/mol. The SMILES string of the molecule is COC(CNC(=O)c1ccc(F)cc1)c1ccc(Cl)s1. The summed E-state index contributed by atoms with van der Waals surface area (Å²) in [4.78, 5) is 12.8. The molecule has 2 aromatic rings. The van der Waals surface area contributed by atoms with Gasteiger partial charge in [0.1, 0.15) is 11.9 Å². The third-order valence-corrected chi connectivity index (χ3v) is 4.07. The molecule has 1 unspecified atom stereocenters. The molecule has 0 saturated carbocycles. The van der Waals surface area contributed by atoms with Crippen molar-refractivity contribution in [3.63, 3.8) is 0 Å². The first-order valence-electron chi connectivity index (χ1n) is 5.92. The van der Waals surface area contributed by atoms with Crippen LogP contribution in [0.15, 0.2) is 36.4 Å². The molecule has 1 N–H and O–H groups in total. The minimum absolute atomic E-state index is 0.253. The second-order valence-corrected chi connectivity index (χ2v) is 5.83. The maximum atomic E-state index is 12.8. The molecule has 20 heavy (non-hydrogen) atoms. The fraction of sp³-hybridized carbons (Fsp3) is 0.214. The van der Waals surface area contributed by atoms with E-state index in [1.807, 2.05) is 6.07 Å². The molecule has 1 aromatic carbocycles. The summed E-state index contributed by atoms with van der Waals surface area (Å²) < 4.78 is 18.8. The molecule has 0 saturated heterocycles. The molecule has 2 rings (SSSR count). The maximum absolute atomic E-state index is 12.8. The topological polar surface area (TPSA) is 38.3 Å². The van der Waals surface area contributed by atoms with Crippen LogP contribution in [0.1, 0.15) is 21.3 Å². The smallest absolute Gasteiger partial charge is 0.251 e. The van der Waals surface area contributed by atoms with Gasteiger partial charge in [-0.2, -0.15) is 0 Å². The first-order chi connectivity index (χ1) is 9.60. The predicted molar refractivity (Wildman–Crippen MR) is 77.8 cm³/mol. The van der Waals surface area contributed by atoms with Gasteiger partial charge in [0.25, 0.3) is 5.91 Å². The lowest BCUT2D eigenvalue weighted by Gasteiger charge is -2.14. The second-order valence-electron chi connectivity index (χ2n) is 4.08. The monoisotopic (exact) mass is 313 g/mol. The number of nitrogens with one attached hydrogen (secondary N) is 1. The number of rotatable bonds is 5. The molecule has 3 nitrogen and oxygen atoms in total. The molecule has 0 fully saturated rings. The number of carbonyl (C=O) groups is 1. The van der Waals surface area contributed by atoms with E-state index in [4.69, 9.17) is 16.3 Å². The van der Waals surface area contributed by atoms with Crippen LogP contribution >= 0.6 is 22.9 Å². The van der Waals surface area contributed by atoms with Crippen LogP contribution in [0.25, 0.3) is 0 Å². The van der Waals surface area contributed by atoms with Crippen molar-refractivity contribution in [3.8, 4) is 0 Å². The third-order valence-electron chi connectivity index (χ3n) is 2.75. The highest BCUT2D eigenvalue weighted by Gasteiger charge is 2.15. The number of thiophene rings is 1. The first-order valence-corrected chi connectivity index (χ1v) is 7.11. The van der Waals surface area contributed by atoms with E-state index in [1.54, 1.807) is 13.2 Å². The van der Waals surface area contributed by atoms with Crippen LogP contribution in [-0.2, 0) is 4.74 Å². The number of hydrogen-bond acceptors (Lipinski definition) is 3. The predicted octanol–water partition coefficient (Wildman–Crippen LogP) is 3.66. The zero-order chi connectivity index (χ0) is 14.5. The van der Waals surface area contributed by atoms with Crippen molar-refractivity contribution in [1.82, 2.24) is 5.32 Å². The van der Waals surface area contributed by atoms with Crippen molar-refractivity contribution in [2.75, 3.05) is 13.7 Å². The van der Waals surface area contributed by atoms with E-state index < -0.39 is 0 Å². The zero-order valence-electron chi connectivity index (χ0n) is 10.7. The first kappa shape index (κ1) is 15.0. The summed E-state index contributed by atoms with van der Waals surface area (Å²) in [6, 6.07) is 9.03. The van der Waals surface area contributed by atoms with Crippen molar-refractivity contribution < 1.29 is 13.9 Å². The molecule has 1 atom stereocenters. The molecule has 0 aliphatic rings. The zero-order valence-corrected chi connectivity index (χ0v) is 12.3. The van der Waals surface area contributed by atoms with Crippen LogP contribution in [0.5, 0.6) is 0 Å². The van der Waals surface area contributed by atoms with Gasteiger partial charge >= 0.3 is 0 Å². The number of methoxy groups -OCH3 is 1. The molecule has 0 bridgehead atoms. The molecule has 0 aliphatic heterocycles. The van der Waals surface area contributed by atoms with E-state index >= 15 is 0 Å². The van der Waals surface area contributed by atoms with E-state index in [0.29, 0.717) is 16.4 Å². The Kier molecular flexibility index (Phi) is 5.11. The van der Waals surface area contributed by atoms with Crippen LogP contribution in [-0.4, -0.2) is 19.6 Å². The van der Waals surface area contributed by atoms with Crippen LogP contribution in [0.2, 0.25) is 4.34 Å². The Morgan fingerprint density at radius 3 is 2.60 bits per heavy atom. The molecule has 1 amide bonds. The van der Waals surface area contributed by atoms with Crippen LogP contribution in [0, 0.1) is 5.82 Å². The normalized spacial score (nSPS) is 12.2. The standard InChI is InChI=1S/C14H13ClFNO2S/c1-19-11(12-6-7-13(15)20-12)8-17-14(18)9-2-4-10(16)5-3-9/h2-7,11H,8H2,1H3,(H,17,18). The van der Waals surface area contributed by atoms with Gasteiger partial charge in [-0.1, -0.05) is 11.6 Å². The average Bonchev–Trinajstić information content (AvgIpc) is 2.86. The summed E-state index contributed by atoms with van der Waals surface area (Å²) in [5.74, 6) is -0.640. The van der Waals surface area contributed by atoms with Crippen molar-refractivity contribution in [2.24, 2.45) is 0 Å². The second kappa shape index (κ2) is 6.83. The number of amides is 1. The van der Waals surface area contributed by atoms with E-state index in [2.05, 4.69) is 5.32 Å². The Balaban J connectivity index is 1.96. The summed E-state index contributed by atoms with van der Waals surface area (Å²) in [7, 11) is 1.57. The van der Waals surface area contributed by atoms with Gasteiger partial charge in [0.2, 0.25) is 0 Å². The quantitative estimate of drug-likeness (QED) is 0.915. The summed E-state index contributed by atoms with van der Waals surface area (Å²) in [5, 5.41) is 2.75. The highest BCUT2D eigenvalue weighted by atomic mass is 35.5. The molecule has 6 heteroatoms. The molecule has 1 aromatic heterocycles. The number of carbonyl (C=O) groups excluding carboxylic acids is 1. The minimum atomic E-state index is -0.371. The van der Waals surface area contributed by atoms with E-state index in [9.17, 15) is 9.18 Å². The van der Waals surface area contributed by atoms with Gasteiger partial charge in [-0.3, -0.25) is 4.79 Å². The number of halogens is 2. The Morgan fingerprint density at radius 2 is 2.05 bits per heavy atom. The van der Waals surface area contributed by atoms with Gasteiger partial charge in [0.15, 0.2) is 0 Å². The molecule has 0 aliphatic carbocycles. The van der Waals surface area contributed by atoms with Crippen LogP contribution in [0.3, 0.4) is 0 Å². The maximum Gasteiger partial charge on any atom is 0.251 e. The van der Waals surface area contributed by atoms with Gasteiger partial charge < -0.3 is 10.1 Å². The van der Waals surface area contributed by atoms with Crippen LogP contribution < -0.4 is 5.32 Å². The fourth-order valence-electron chi connectivity index (χ4n) is 1.69. The molecular weight excluding hydrogens is 301 g/mol. The molecule has 0 spiro atoms. The number of benzene rings is 1. The Morgan fingerprint density at radius 1 is 1.35 bits per heavy atom.